The molecule has 1 fully saturated rings. The molecule has 2 heterocycles. The van der Waals surface area contributed by atoms with Gasteiger partial charge in [0.15, 0.2) is 6.33 Å². The lowest BCUT2D eigenvalue weighted by Gasteiger charge is -2.41. The van der Waals surface area contributed by atoms with Crippen molar-refractivity contribution in [2.45, 2.75) is 39.3 Å². The minimum Gasteiger partial charge on any atom is -0.340 e. The summed E-state index contributed by atoms with van der Waals surface area (Å²) in [5, 5.41) is 7.18. The maximum Gasteiger partial charge on any atom is 0.227 e. The third-order valence-electron chi connectivity index (χ3n) is 3.44. The molecule has 1 N–H and O–H groups in total. The molecule has 1 aromatic rings. The lowest BCUT2D eigenvalue weighted by molar-refractivity contribution is 0.102. The molecule has 2 unspecified atom stereocenters. The van der Waals surface area contributed by atoms with Crippen LogP contribution in [0.5, 0.6) is 0 Å². The largest absolute Gasteiger partial charge is 0.340 e. The predicted molar refractivity (Wildman–Crippen MR) is 65.7 cm³/mol. The molecule has 0 bridgehead atoms. The van der Waals surface area contributed by atoms with Crippen molar-refractivity contribution >= 4 is 0 Å². The average molecular weight is 238 g/mol. The van der Waals surface area contributed by atoms with Crippen LogP contribution in [0.15, 0.2) is 10.9 Å². The molecule has 0 aliphatic carbocycles. The normalized spacial score (nSPS) is 26.6. The van der Waals surface area contributed by atoms with E-state index in [1.807, 2.05) is 0 Å². The van der Waals surface area contributed by atoms with E-state index in [1.54, 1.807) is 0 Å². The molecule has 0 amide bonds. The zero-order valence-corrected chi connectivity index (χ0v) is 10.9. The van der Waals surface area contributed by atoms with Crippen molar-refractivity contribution < 1.29 is 4.52 Å². The molecule has 0 saturated carbocycles. The van der Waals surface area contributed by atoms with Gasteiger partial charge in [-0.05, 0) is 12.8 Å². The second-order valence-corrected chi connectivity index (χ2v) is 5.20. The zero-order chi connectivity index (χ0) is 12.3. The molecule has 1 aliphatic rings. The average Bonchev–Trinajstić information content (AvgIpc) is 2.78. The van der Waals surface area contributed by atoms with Crippen LogP contribution in [0.3, 0.4) is 0 Å². The third kappa shape index (κ3) is 3.26. The fourth-order valence-corrected chi connectivity index (χ4v) is 2.46. The van der Waals surface area contributed by atoms with Crippen molar-refractivity contribution in [2.75, 3.05) is 19.6 Å². The third-order valence-corrected chi connectivity index (χ3v) is 3.44. The van der Waals surface area contributed by atoms with Gasteiger partial charge in [0, 0.05) is 38.1 Å². The Kier molecular flexibility index (Phi) is 4.12. The Labute approximate surface area is 103 Å². The van der Waals surface area contributed by atoms with E-state index in [0.717, 1.165) is 31.9 Å². The van der Waals surface area contributed by atoms with E-state index in [-0.39, 0.29) is 0 Å². The van der Waals surface area contributed by atoms with E-state index < -0.39 is 0 Å². The Balaban J connectivity index is 1.90. The first-order valence-corrected chi connectivity index (χ1v) is 6.40. The Morgan fingerprint density at radius 3 is 3.06 bits per heavy atom. The van der Waals surface area contributed by atoms with Gasteiger partial charge in [-0.3, -0.25) is 4.90 Å². The summed E-state index contributed by atoms with van der Waals surface area (Å²) in [5.41, 5.74) is 0. The highest BCUT2D eigenvalue weighted by Crippen LogP contribution is 2.15. The molecule has 1 aliphatic heterocycles. The molecule has 96 valence electrons. The molecule has 0 radical (unpaired) electrons. The summed E-state index contributed by atoms with van der Waals surface area (Å²) in [7, 11) is 0. The fourth-order valence-electron chi connectivity index (χ4n) is 2.46. The maximum absolute atomic E-state index is 5.04. The van der Waals surface area contributed by atoms with E-state index >= 15 is 0 Å². The van der Waals surface area contributed by atoms with Gasteiger partial charge >= 0.3 is 0 Å². The molecule has 5 nitrogen and oxygen atoms in total. The van der Waals surface area contributed by atoms with Crippen LogP contribution >= 0.6 is 0 Å². The number of aromatic nitrogens is 2. The minimum absolute atomic E-state index is 0.563. The molecular weight excluding hydrogens is 216 g/mol. The monoisotopic (exact) mass is 238 g/mol. The number of nitrogens with zero attached hydrogens (tertiary/aromatic N) is 3. The van der Waals surface area contributed by atoms with E-state index in [0.29, 0.717) is 18.0 Å². The topological polar surface area (TPSA) is 54.2 Å². The molecular formula is C12H22N4O. The van der Waals surface area contributed by atoms with E-state index in [2.05, 4.69) is 41.1 Å². The van der Waals surface area contributed by atoms with E-state index in [4.69, 9.17) is 4.52 Å². The van der Waals surface area contributed by atoms with E-state index in [1.165, 1.54) is 6.33 Å². The number of rotatable bonds is 4. The zero-order valence-electron chi connectivity index (χ0n) is 10.9. The Morgan fingerprint density at radius 2 is 2.41 bits per heavy atom. The maximum atomic E-state index is 5.04. The first-order valence-electron chi connectivity index (χ1n) is 6.40. The molecule has 1 aromatic heterocycles. The first kappa shape index (κ1) is 12.5. The molecule has 0 spiro atoms. The van der Waals surface area contributed by atoms with Crippen LogP contribution in [0.1, 0.15) is 26.7 Å². The van der Waals surface area contributed by atoms with Crippen LogP contribution in [0.4, 0.5) is 0 Å². The van der Waals surface area contributed by atoms with Gasteiger partial charge in [0.25, 0.3) is 0 Å². The molecule has 5 heteroatoms. The predicted octanol–water partition coefficient (Wildman–Crippen LogP) is 0.930. The number of piperazine rings is 1. The highest BCUT2D eigenvalue weighted by atomic mass is 16.5. The highest BCUT2D eigenvalue weighted by molar-refractivity contribution is 4.87. The second kappa shape index (κ2) is 5.60. The van der Waals surface area contributed by atoms with E-state index in [9.17, 15) is 0 Å². The van der Waals surface area contributed by atoms with Crippen molar-refractivity contribution in [3.05, 3.63) is 12.2 Å². The number of hydrogen-bond donors (Lipinski definition) is 1. The van der Waals surface area contributed by atoms with Gasteiger partial charge in [0.1, 0.15) is 0 Å². The Morgan fingerprint density at radius 1 is 1.59 bits per heavy atom. The summed E-state index contributed by atoms with van der Waals surface area (Å²) >= 11 is 0. The second-order valence-electron chi connectivity index (χ2n) is 5.20. The van der Waals surface area contributed by atoms with Crippen LogP contribution in [0.2, 0.25) is 0 Å². The lowest BCUT2D eigenvalue weighted by atomic mass is 9.98. The number of hydrogen-bond acceptors (Lipinski definition) is 5. The van der Waals surface area contributed by atoms with Gasteiger partial charge in [0.05, 0.1) is 0 Å². The van der Waals surface area contributed by atoms with Gasteiger partial charge in [-0.15, -0.1) is 0 Å². The van der Waals surface area contributed by atoms with Gasteiger partial charge in [-0.2, -0.15) is 4.98 Å². The molecule has 1 saturated heterocycles. The van der Waals surface area contributed by atoms with Crippen molar-refractivity contribution in [1.82, 2.24) is 20.4 Å². The van der Waals surface area contributed by atoms with Crippen LogP contribution in [0, 0.1) is 5.92 Å². The molecule has 0 aromatic carbocycles. The Bertz CT molecular complexity index is 325. The molecule has 17 heavy (non-hydrogen) atoms. The fraction of sp³-hybridized carbons (Fsp3) is 0.833. The highest BCUT2D eigenvalue weighted by Gasteiger charge is 2.27. The SMILES string of the molecule is CC1CN(CCc2ncno2)C(C(C)C)CN1. The van der Waals surface area contributed by atoms with Gasteiger partial charge in [0.2, 0.25) is 5.89 Å². The van der Waals surface area contributed by atoms with Crippen LogP contribution < -0.4 is 5.32 Å². The summed E-state index contributed by atoms with van der Waals surface area (Å²) in [6.45, 7) is 9.96. The standard InChI is InChI=1S/C12H22N4O/c1-9(2)11-6-13-10(3)7-16(11)5-4-12-14-8-15-17-12/h8-11,13H,4-7H2,1-3H3. The quantitative estimate of drug-likeness (QED) is 0.845. The summed E-state index contributed by atoms with van der Waals surface area (Å²) in [6.07, 6.45) is 2.31. The first-order chi connectivity index (χ1) is 8.16. The van der Waals surface area contributed by atoms with Crippen LogP contribution in [0.25, 0.3) is 0 Å². The smallest absolute Gasteiger partial charge is 0.227 e. The summed E-state index contributed by atoms with van der Waals surface area (Å²) in [6, 6.07) is 1.17. The van der Waals surface area contributed by atoms with Crippen molar-refractivity contribution in [1.29, 1.82) is 0 Å². The minimum atomic E-state index is 0.563. The van der Waals surface area contributed by atoms with Crippen molar-refractivity contribution in [2.24, 2.45) is 5.92 Å². The Hall–Kier alpha value is -0.940. The molecule has 2 atom stereocenters. The summed E-state index contributed by atoms with van der Waals surface area (Å²) in [5.74, 6) is 1.40. The molecule has 2 rings (SSSR count). The summed E-state index contributed by atoms with van der Waals surface area (Å²) in [4.78, 5) is 6.61. The van der Waals surface area contributed by atoms with Crippen molar-refractivity contribution in [3.8, 4) is 0 Å². The number of nitrogens with one attached hydrogen (secondary N) is 1. The van der Waals surface area contributed by atoms with Gasteiger partial charge in [-0.25, -0.2) is 0 Å². The van der Waals surface area contributed by atoms with Crippen molar-refractivity contribution in [3.63, 3.8) is 0 Å². The summed E-state index contributed by atoms with van der Waals surface area (Å²) < 4.78 is 5.04. The van der Waals surface area contributed by atoms with Crippen LogP contribution in [-0.4, -0.2) is 46.8 Å². The van der Waals surface area contributed by atoms with Crippen LogP contribution in [-0.2, 0) is 6.42 Å². The lowest BCUT2D eigenvalue weighted by Crippen LogP contribution is -2.57. The van der Waals surface area contributed by atoms with Gasteiger partial charge in [-0.1, -0.05) is 19.0 Å². The van der Waals surface area contributed by atoms with Gasteiger partial charge < -0.3 is 9.84 Å².